The van der Waals surface area contributed by atoms with Crippen LogP contribution in [0.2, 0.25) is 0 Å². The van der Waals surface area contributed by atoms with Crippen LogP contribution in [-0.2, 0) is 39.3 Å². The van der Waals surface area contributed by atoms with Crippen molar-refractivity contribution in [3.8, 4) is 5.75 Å². The van der Waals surface area contributed by atoms with Crippen molar-refractivity contribution >= 4 is 20.8 Å². The average Bonchev–Trinajstić information content (AvgIpc) is 2.59. The second kappa shape index (κ2) is 15.0. The fourth-order valence-corrected chi connectivity index (χ4v) is 2.09. The van der Waals surface area contributed by atoms with E-state index < -0.39 is 4.92 Å². The molecule has 0 aliphatic heterocycles. The van der Waals surface area contributed by atoms with Crippen LogP contribution < -0.4 is 4.67 Å². The number of hydrogen-bond donors (Lipinski definition) is 1. The van der Waals surface area contributed by atoms with E-state index in [2.05, 4.69) is 9.39 Å². The number of rotatable bonds is 4. The van der Waals surface area contributed by atoms with Crippen LogP contribution in [0.5, 0.6) is 5.75 Å². The molecule has 1 atom stereocenters. The molecule has 2 N–H and O–H groups in total. The predicted molar refractivity (Wildman–Crippen MR) is 103 cm³/mol. The third-order valence-electron chi connectivity index (χ3n) is 2.75. The normalized spacial score (nSPS) is 8.85. The molecule has 0 bridgehead atoms. The third-order valence-corrected chi connectivity index (χ3v) is 3.23. The molecule has 0 heterocycles. The first-order valence-corrected chi connectivity index (χ1v) is 8.29. The molecule has 0 saturated carbocycles. The fourth-order valence-electron chi connectivity index (χ4n) is 1.71. The van der Waals surface area contributed by atoms with E-state index >= 15 is 0 Å². The number of nitro groups is 1. The van der Waals surface area contributed by atoms with Gasteiger partial charge in [-0.25, -0.2) is 4.39 Å². The molecule has 2 aromatic rings. The quantitative estimate of drug-likeness (QED) is 0.382. The topological polar surface area (TPSA) is 90.4 Å². The van der Waals surface area contributed by atoms with Crippen molar-refractivity contribution in [1.29, 1.82) is 0 Å². The summed E-state index contributed by atoms with van der Waals surface area (Å²) in [7, 11) is 2.44. The maximum atomic E-state index is 12.8. The number of anilines is 1. The van der Waals surface area contributed by atoms with Crippen LogP contribution in [0.25, 0.3) is 5.73 Å². The Morgan fingerprint density at radius 1 is 1.23 bits per heavy atom. The summed E-state index contributed by atoms with van der Waals surface area (Å²) in [4.78, 5) is 10.1. The van der Waals surface area contributed by atoms with Gasteiger partial charge in [-0.05, 0) is 39.2 Å². The van der Waals surface area contributed by atoms with Crippen molar-refractivity contribution in [2.24, 2.45) is 0 Å². The zero-order valence-electron chi connectivity index (χ0n) is 15.1. The minimum atomic E-state index is -0.644. The number of halogens is 1. The number of aromatic hydroxyl groups is 1. The minimum Gasteiger partial charge on any atom is -0.678 e. The van der Waals surface area contributed by atoms with Gasteiger partial charge < -0.3 is 15.5 Å². The molecule has 6 nitrogen and oxygen atoms in total. The summed E-state index contributed by atoms with van der Waals surface area (Å²) in [5.74, 6) is -0.691. The number of phenols is 1. The summed E-state index contributed by atoms with van der Waals surface area (Å²) in [5.41, 5.74) is 7.27. The Morgan fingerprint density at radius 2 is 1.73 bits per heavy atom. The monoisotopic (exact) mass is 457 g/mol. The summed E-state index contributed by atoms with van der Waals surface area (Å²) in [5, 5.41) is 20.2. The molecule has 26 heavy (non-hydrogen) atoms. The van der Waals surface area contributed by atoms with E-state index in [4.69, 9.17) is 5.73 Å². The molecule has 2 aromatic carbocycles. The Bertz CT molecular complexity index is 660. The first-order valence-electron chi connectivity index (χ1n) is 7.77. The molecule has 1 unspecified atom stereocenters. The zero-order valence-corrected chi connectivity index (χ0v) is 19.1. The second-order valence-electron chi connectivity index (χ2n) is 4.54. The summed E-state index contributed by atoms with van der Waals surface area (Å²) >= 11 is 0. The van der Waals surface area contributed by atoms with Gasteiger partial charge in [0.05, 0.1) is 4.92 Å². The molecule has 9 heteroatoms. The van der Waals surface area contributed by atoms with E-state index in [0.717, 1.165) is 5.56 Å². The third kappa shape index (κ3) is 9.53. The van der Waals surface area contributed by atoms with E-state index in [1.165, 1.54) is 24.3 Å². The first-order chi connectivity index (χ1) is 11.9. The van der Waals surface area contributed by atoms with E-state index in [1.54, 1.807) is 29.8 Å². The van der Waals surface area contributed by atoms with Crippen LogP contribution in [0.4, 0.5) is 15.8 Å². The number of nitrogens with one attached hydrogen (secondary N) is 1. The van der Waals surface area contributed by atoms with Gasteiger partial charge in [0.1, 0.15) is 5.82 Å². The summed E-state index contributed by atoms with van der Waals surface area (Å²) in [6.45, 7) is 6.73. The predicted octanol–water partition coefficient (Wildman–Crippen LogP) is 5.32. The van der Waals surface area contributed by atoms with Crippen molar-refractivity contribution in [3.05, 3.63) is 69.7 Å². The summed E-state index contributed by atoms with van der Waals surface area (Å²) in [6, 6.07) is 10.1. The van der Waals surface area contributed by atoms with Crippen LogP contribution in [0, 0.1) is 15.9 Å². The van der Waals surface area contributed by atoms with Gasteiger partial charge in [0.25, 0.3) is 0 Å². The van der Waals surface area contributed by atoms with Gasteiger partial charge in [-0.1, -0.05) is 32.9 Å². The largest absolute Gasteiger partial charge is 0.678 e. The molecular formula is C17H24FN3O3PY-. The van der Waals surface area contributed by atoms with Crippen LogP contribution >= 0.6 is 9.39 Å². The van der Waals surface area contributed by atoms with E-state index in [-0.39, 0.29) is 50.0 Å². The van der Waals surface area contributed by atoms with Gasteiger partial charge in [0, 0.05) is 51.0 Å². The van der Waals surface area contributed by atoms with Crippen LogP contribution in [0.15, 0.2) is 42.5 Å². The van der Waals surface area contributed by atoms with E-state index in [1.807, 2.05) is 13.8 Å². The van der Waals surface area contributed by atoms with Crippen LogP contribution in [-0.4, -0.2) is 16.6 Å². The van der Waals surface area contributed by atoms with Gasteiger partial charge in [0.15, 0.2) is 5.75 Å². The first kappa shape index (κ1) is 27.1. The molecule has 0 aliphatic carbocycles. The second-order valence-corrected chi connectivity index (χ2v) is 5.16. The number of nitro benzene ring substituents is 1. The molecular weight excluding hydrogens is 433 g/mol. The van der Waals surface area contributed by atoms with Gasteiger partial charge in [-0.3, -0.25) is 10.1 Å². The fraction of sp³-hybridized carbons (Fsp3) is 0.294. The van der Waals surface area contributed by atoms with Crippen molar-refractivity contribution in [1.82, 2.24) is 0 Å². The van der Waals surface area contributed by atoms with Gasteiger partial charge >= 0.3 is 5.69 Å². The van der Waals surface area contributed by atoms with Crippen LogP contribution in [0.1, 0.15) is 26.3 Å². The standard InChI is InChI=1S/C13H12FN2O3P.C2H6N.C2H6.Y/c14-10-3-1-9(2-4-10)8-15(20)11-5-6-13(17)12(7-11)16(18)19;1-2-3;1-2;/h1-7,17H,8,20H2;3H,2H2,1H3;1-2H3;/q;-1;;. The summed E-state index contributed by atoms with van der Waals surface area (Å²) in [6.07, 6.45) is 0. The number of hydrogen-bond acceptors (Lipinski definition) is 4. The smallest absolute Gasteiger partial charge is 0.312 e. The van der Waals surface area contributed by atoms with Crippen LogP contribution in [0.3, 0.4) is 0 Å². The zero-order chi connectivity index (χ0) is 19.4. The summed E-state index contributed by atoms with van der Waals surface area (Å²) < 4.78 is 14.5. The molecule has 2 rings (SSSR count). The molecule has 1 radical (unpaired) electrons. The van der Waals surface area contributed by atoms with E-state index in [0.29, 0.717) is 18.8 Å². The maximum absolute atomic E-state index is 12.8. The molecule has 141 valence electrons. The molecule has 0 saturated heterocycles. The number of nitrogens with zero attached hydrogens (tertiary/aromatic N) is 2. The minimum absolute atomic E-state index is 0. The van der Waals surface area contributed by atoms with Gasteiger partial charge in [0.2, 0.25) is 0 Å². The Labute approximate surface area is 181 Å². The van der Waals surface area contributed by atoms with E-state index in [9.17, 15) is 19.6 Å². The Hall–Kier alpha value is -1.14. The van der Waals surface area contributed by atoms with Crippen molar-refractivity contribution in [2.75, 3.05) is 11.2 Å². The number of phenolic OH excluding ortho intramolecular Hbond substituents is 1. The van der Waals surface area contributed by atoms with Crippen molar-refractivity contribution in [3.63, 3.8) is 0 Å². The number of benzene rings is 2. The Morgan fingerprint density at radius 3 is 2.19 bits per heavy atom. The van der Waals surface area contributed by atoms with Gasteiger partial charge in [-0.2, -0.15) is 6.54 Å². The molecule has 0 amide bonds. The Balaban J connectivity index is 0. The maximum Gasteiger partial charge on any atom is 0.312 e. The average molecular weight is 457 g/mol. The SMILES string of the molecule is CC.CC[NH-].O=[N+]([O-])c1cc(N(P)Cc2ccc(F)cc2)ccc1O.[Y]. The molecule has 0 fully saturated rings. The molecule has 0 aromatic heterocycles. The van der Waals surface area contributed by atoms with Crippen molar-refractivity contribution in [2.45, 2.75) is 27.3 Å². The van der Waals surface area contributed by atoms with Gasteiger partial charge in [-0.15, -0.1) is 0 Å². The van der Waals surface area contributed by atoms with Crippen molar-refractivity contribution < 1.29 is 47.1 Å². The Kier molecular flexibility index (Phi) is 15.6. The molecule has 0 aliphatic rings. The molecule has 0 spiro atoms.